The molecule has 1 saturated carbocycles. The Kier molecular flexibility index (Phi) is 1.89. The van der Waals surface area contributed by atoms with E-state index in [-0.39, 0.29) is 6.10 Å². The van der Waals surface area contributed by atoms with Gasteiger partial charge in [-0.05, 0) is 13.3 Å². The van der Waals surface area contributed by atoms with Gasteiger partial charge in [0.2, 0.25) is 0 Å². The highest BCUT2D eigenvalue weighted by atomic mass is 35.5. The van der Waals surface area contributed by atoms with Crippen LogP contribution in [0, 0.1) is 5.92 Å². The van der Waals surface area contributed by atoms with Crippen molar-refractivity contribution in [3.8, 4) is 0 Å². The van der Waals surface area contributed by atoms with Crippen molar-refractivity contribution >= 4 is 23.2 Å². The fraction of sp³-hybridized carbons (Fsp3) is 1.00. The number of ether oxygens (including phenoxy) is 2. The van der Waals surface area contributed by atoms with Crippen LogP contribution in [0.4, 0.5) is 0 Å². The van der Waals surface area contributed by atoms with Gasteiger partial charge in [0, 0.05) is 19.4 Å². The van der Waals surface area contributed by atoms with E-state index in [0.29, 0.717) is 5.92 Å². The Hall–Kier alpha value is 0.500. The summed E-state index contributed by atoms with van der Waals surface area (Å²) >= 11 is 12.0. The standard InChI is InChI=1S/C8H12Cl2O2/c1-7(11-2)4-3-5-6(12-7)8(5,9)10/h5-6H,3-4H2,1-2H3. The first-order valence-corrected chi connectivity index (χ1v) is 4.86. The summed E-state index contributed by atoms with van der Waals surface area (Å²) in [6, 6.07) is 0. The third-order valence-electron chi connectivity index (χ3n) is 2.85. The van der Waals surface area contributed by atoms with Crippen LogP contribution < -0.4 is 0 Å². The predicted octanol–water partition coefficient (Wildman–Crippen LogP) is 2.33. The van der Waals surface area contributed by atoms with E-state index in [9.17, 15) is 0 Å². The first-order valence-electron chi connectivity index (χ1n) is 4.10. The fourth-order valence-electron chi connectivity index (χ4n) is 1.76. The molecular weight excluding hydrogens is 199 g/mol. The Morgan fingerprint density at radius 1 is 1.50 bits per heavy atom. The molecule has 0 N–H and O–H groups in total. The minimum Gasteiger partial charge on any atom is -0.353 e. The molecule has 1 heterocycles. The lowest BCUT2D eigenvalue weighted by molar-refractivity contribution is -0.236. The van der Waals surface area contributed by atoms with Crippen LogP contribution in [0.15, 0.2) is 0 Å². The highest BCUT2D eigenvalue weighted by Gasteiger charge is 2.68. The van der Waals surface area contributed by atoms with Crippen LogP contribution >= 0.6 is 23.2 Å². The SMILES string of the molecule is COC1(C)CCC2C(O1)C2(Cl)Cl. The number of fused-ring (bicyclic) bond motifs is 1. The number of methoxy groups -OCH3 is 1. The molecule has 2 aliphatic rings. The number of rotatable bonds is 1. The second-order valence-electron chi connectivity index (χ2n) is 3.70. The summed E-state index contributed by atoms with van der Waals surface area (Å²) in [6.07, 6.45) is 1.83. The summed E-state index contributed by atoms with van der Waals surface area (Å²) in [5.74, 6) is -0.170. The van der Waals surface area contributed by atoms with Gasteiger partial charge in [0.25, 0.3) is 0 Å². The van der Waals surface area contributed by atoms with E-state index < -0.39 is 10.1 Å². The second-order valence-corrected chi connectivity index (χ2v) is 5.14. The van der Waals surface area contributed by atoms with Crippen LogP contribution in [0.25, 0.3) is 0 Å². The molecule has 1 aliphatic carbocycles. The van der Waals surface area contributed by atoms with Crippen molar-refractivity contribution in [2.45, 2.75) is 36.0 Å². The van der Waals surface area contributed by atoms with Gasteiger partial charge in [-0.1, -0.05) is 23.2 Å². The number of halogens is 2. The fourth-order valence-corrected chi connectivity index (χ4v) is 2.47. The summed E-state index contributed by atoms with van der Waals surface area (Å²) in [5.41, 5.74) is 0. The molecule has 0 amide bonds. The van der Waals surface area contributed by atoms with Crippen LogP contribution in [0.2, 0.25) is 0 Å². The van der Waals surface area contributed by atoms with Gasteiger partial charge < -0.3 is 9.47 Å². The van der Waals surface area contributed by atoms with Gasteiger partial charge in [-0.25, -0.2) is 0 Å². The third-order valence-corrected chi connectivity index (χ3v) is 3.84. The number of alkyl halides is 2. The molecule has 1 aliphatic heterocycles. The number of hydrogen-bond acceptors (Lipinski definition) is 2. The molecule has 12 heavy (non-hydrogen) atoms. The zero-order valence-corrected chi connectivity index (χ0v) is 8.65. The van der Waals surface area contributed by atoms with Crippen LogP contribution in [0.5, 0.6) is 0 Å². The molecule has 0 aromatic heterocycles. The van der Waals surface area contributed by atoms with E-state index in [4.69, 9.17) is 32.7 Å². The Morgan fingerprint density at radius 2 is 2.17 bits per heavy atom. The van der Waals surface area contributed by atoms with Gasteiger partial charge in [-0.15, -0.1) is 0 Å². The highest BCUT2D eigenvalue weighted by Crippen LogP contribution is 2.61. The van der Waals surface area contributed by atoms with E-state index >= 15 is 0 Å². The van der Waals surface area contributed by atoms with E-state index in [0.717, 1.165) is 12.8 Å². The van der Waals surface area contributed by atoms with E-state index in [1.165, 1.54) is 0 Å². The Balaban J connectivity index is 2.05. The predicted molar refractivity (Wildman–Crippen MR) is 47.4 cm³/mol. The quantitative estimate of drug-likeness (QED) is 0.619. The summed E-state index contributed by atoms with van der Waals surface area (Å²) < 4.78 is 10.2. The van der Waals surface area contributed by atoms with E-state index in [1.807, 2.05) is 6.92 Å². The number of hydrogen-bond donors (Lipinski definition) is 0. The topological polar surface area (TPSA) is 18.5 Å². The lowest BCUT2D eigenvalue weighted by atomic mass is 10.1. The van der Waals surface area contributed by atoms with Crippen molar-refractivity contribution < 1.29 is 9.47 Å². The summed E-state index contributed by atoms with van der Waals surface area (Å²) in [5, 5.41) is 0. The molecule has 2 fully saturated rings. The van der Waals surface area contributed by atoms with Gasteiger partial charge >= 0.3 is 0 Å². The molecule has 4 heteroatoms. The van der Waals surface area contributed by atoms with Crippen LogP contribution in [0.1, 0.15) is 19.8 Å². The van der Waals surface area contributed by atoms with Gasteiger partial charge in [0.05, 0.1) is 0 Å². The average Bonchev–Trinajstić information content (AvgIpc) is 2.54. The normalized spacial score (nSPS) is 50.0. The third kappa shape index (κ3) is 1.17. The molecule has 0 bridgehead atoms. The lowest BCUT2D eigenvalue weighted by Gasteiger charge is -2.31. The van der Waals surface area contributed by atoms with Gasteiger partial charge in [-0.2, -0.15) is 0 Å². The average molecular weight is 211 g/mol. The highest BCUT2D eigenvalue weighted by molar-refractivity contribution is 6.51. The molecule has 70 valence electrons. The van der Waals surface area contributed by atoms with Crippen LogP contribution in [0.3, 0.4) is 0 Å². The first kappa shape index (κ1) is 9.07. The van der Waals surface area contributed by atoms with Crippen molar-refractivity contribution in [2.75, 3.05) is 7.11 Å². The molecular formula is C8H12Cl2O2. The van der Waals surface area contributed by atoms with Gasteiger partial charge in [0.1, 0.15) is 10.4 Å². The van der Waals surface area contributed by atoms with E-state index in [2.05, 4.69) is 0 Å². The summed E-state index contributed by atoms with van der Waals surface area (Å²) in [4.78, 5) is 0. The summed E-state index contributed by atoms with van der Waals surface area (Å²) in [7, 11) is 1.65. The molecule has 3 unspecified atom stereocenters. The van der Waals surface area contributed by atoms with Crippen molar-refractivity contribution in [1.29, 1.82) is 0 Å². The van der Waals surface area contributed by atoms with Crippen molar-refractivity contribution in [3.05, 3.63) is 0 Å². The first-order chi connectivity index (χ1) is 5.49. The molecule has 0 radical (unpaired) electrons. The van der Waals surface area contributed by atoms with Gasteiger partial charge in [-0.3, -0.25) is 0 Å². The minimum atomic E-state index is -0.656. The van der Waals surface area contributed by atoms with Crippen LogP contribution in [-0.2, 0) is 9.47 Å². The molecule has 2 rings (SSSR count). The molecule has 0 aromatic carbocycles. The monoisotopic (exact) mass is 210 g/mol. The van der Waals surface area contributed by atoms with Crippen molar-refractivity contribution in [3.63, 3.8) is 0 Å². The maximum Gasteiger partial charge on any atom is 0.165 e. The molecule has 2 nitrogen and oxygen atoms in total. The van der Waals surface area contributed by atoms with Crippen molar-refractivity contribution in [1.82, 2.24) is 0 Å². The zero-order valence-electron chi connectivity index (χ0n) is 7.14. The lowest BCUT2D eigenvalue weighted by Crippen LogP contribution is -2.35. The summed E-state index contributed by atoms with van der Waals surface area (Å²) in [6.45, 7) is 1.92. The van der Waals surface area contributed by atoms with Crippen molar-refractivity contribution in [2.24, 2.45) is 5.92 Å². The second kappa shape index (κ2) is 2.50. The Bertz CT molecular complexity index is 207. The van der Waals surface area contributed by atoms with Crippen LogP contribution in [-0.4, -0.2) is 23.3 Å². The smallest absolute Gasteiger partial charge is 0.165 e. The molecule has 3 atom stereocenters. The zero-order chi connectivity index (χ0) is 8.98. The Morgan fingerprint density at radius 3 is 2.67 bits per heavy atom. The maximum absolute atomic E-state index is 5.98. The van der Waals surface area contributed by atoms with E-state index in [1.54, 1.807) is 7.11 Å². The Labute approximate surface area is 82.1 Å². The largest absolute Gasteiger partial charge is 0.353 e. The maximum atomic E-state index is 5.98. The van der Waals surface area contributed by atoms with Gasteiger partial charge in [0.15, 0.2) is 5.79 Å². The molecule has 0 spiro atoms. The molecule has 0 aromatic rings. The minimum absolute atomic E-state index is 0.0282. The molecule has 1 saturated heterocycles.